The van der Waals surface area contributed by atoms with E-state index < -0.39 is 0 Å². The highest BCUT2D eigenvalue weighted by Gasteiger charge is 2.13. The molecule has 4 rings (SSSR count). The first-order valence-corrected chi connectivity index (χ1v) is 12.3. The van der Waals surface area contributed by atoms with Gasteiger partial charge in [0.25, 0.3) is 0 Å². The molecule has 0 bridgehead atoms. The second kappa shape index (κ2) is 12.9. The Hall–Kier alpha value is -3.23. The summed E-state index contributed by atoms with van der Waals surface area (Å²) in [5.74, 6) is 2.29. The quantitative estimate of drug-likeness (QED) is 0.315. The van der Waals surface area contributed by atoms with Crippen molar-refractivity contribution in [3.05, 3.63) is 55.0 Å². The number of pyridine rings is 1. The molecular weight excluding hydrogens is 426 g/mol. The lowest BCUT2D eigenvalue weighted by Gasteiger charge is -2.17. The fourth-order valence-electron chi connectivity index (χ4n) is 3.93. The van der Waals surface area contributed by atoms with E-state index in [0.717, 1.165) is 86.8 Å². The molecular formula is C26H35N7O. The molecule has 1 unspecified atom stereocenters. The summed E-state index contributed by atoms with van der Waals surface area (Å²) in [6.45, 7) is 7.02. The third kappa shape index (κ3) is 7.40. The summed E-state index contributed by atoms with van der Waals surface area (Å²) >= 11 is 0. The highest BCUT2D eigenvalue weighted by molar-refractivity contribution is 5.68. The van der Waals surface area contributed by atoms with Crippen molar-refractivity contribution in [1.82, 2.24) is 25.6 Å². The van der Waals surface area contributed by atoms with Gasteiger partial charge in [-0.1, -0.05) is 13.0 Å². The molecule has 1 atom stereocenters. The number of hydrogen-bond acceptors (Lipinski definition) is 8. The average Bonchev–Trinajstić information content (AvgIpc) is 3.13. The third-order valence-corrected chi connectivity index (χ3v) is 5.74. The summed E-state index contributed by atoms with van der Waals surface area (Å²) in [5, 5.41) is 13.4. The SMILES string of the molecule is CCNCCCNc1ncc(-c2ccnc(Nc3cccc(OC4CCCNCC4)c3)c2)cn1. The largest absolute Gasteiger partial charge is 0.490 e. The summed E-state index contributed by atoms with van der Waals surface area (Å²) in [7, 11) is 0. The van der Waals surface area contributed by atoms with Crippen LogP contribution in [0.1, 0.15) is 32.6 Å². The van der Waals surface area contributed by atoms with Gasteiger partial charge in [0.05, 0.1) is 6.10 Å². The average molecular weight is 462 g/mol. The van der Waals surface area contributed by atoms with E-state index in [9.17, 15) is 0 Å². The Labute approximate surface area is 202 Å². The number of aromatic nitrogens is 3. The van der Waals surface area contributed by atoms with Gasteiger partial charge in [-0.05, 0) is 81.7 Å². The lowest BCUT2D eigenvalue weighted by molar-refractivity contribution is 0.187. The Morgan fingerprint density at radius 3 is 2.79 bits per heavy atom. The first kappa shape index (κ1) is 23.9. The van der Waals surface area contributed by atoms with E-state index in [2.05, 4.69) is 43.1 Å². The van der Waals surface area contributed by atoms with Crippen LogP contribution in [0.2, 0.25) is 0 Å². The summed E-state index contributed by atoms with van der Waals surface area (Å²) in [6, 6.07) is 12.1. The van der Waals surface area contributed by atoms with Crippen LogP contribution >= 0.6 is 0 Å². The van der Waals surface area contributed by atoms with Crippen molar-refractivity contribution < 1.29 is 4.74 Å². The fraction of sp³-hybridized carbons (Fsp3) is 0.423. The van der Waals surface area contributed by atoms with Crippen molar-refractivity contribution in [2.75, 3.05) is 43.4 Å². The minimum absolute atomic E-state index is 0.261. The van der Waals surface area contributed by atoms with Gasteiger partial charge in [0, 0.05) is 42.5 Å². The molecule has 34 heavy (non-hydrogen) atoms. The summed E-state index contributed by atoms with van der Waals surface area (Å²) in [4.78, 5) is 13.4. The number of rotatable bonds is 11. The molecule has 4 N–H and O–H groups in total. The van der Waals surface area contributed by atoms with E-state index in [-0.39, 0.29) is 6.10 Å². The second-order valence-electron chi connectivity index (χ2n) is 8.43. The van der Waals surface area contributed by atoms with Crippen LogP contribution in [0.15, 0.2) is 55.0 Å². The molecule has 180 valence electrons. The Balaban J connectivity index is 1.35. The van der Waals surface area contributed by atoms with Gasteiger partial charge >= 0.3 is 0 Å². The molecule has 0 radical (unpaired) electrons. The van der Waals surface area contributed by atoms with Gasteiger partial charge in [-0.15, -0.1) is 0 Å². The second-order valence-corrected chi connectivity index (χ2v) is 8.43. The standard InChI is InChI=1S/C26H35N7O/c1-2-27-12-5-13-30-26-31-18-21(19-32-26)20-9-15-29-25(16-20)33-22-6-3-7-24(17-22)34-23-8-4-11-28-14-10-23/h3,6-7,9,15-19,23,27-28H,2,4-5,8,10-14H2,1H3,(H,29,33)(H,30,31,32). The van der Waals surface area contributed by atoms with E-state index in [4.69, 9.17) is 4.74 Å². The highest BCUT2D eigenvalue weighted by atomic mass is 16.5. The molecule has 0 spiro atoms. The van der Waals surface area contributed by atoms with E-state index in [1.54, 1.807) is 6.20 Å². The van der Waals surface area contributed by atoms with Gasteiger partial charge in [0.1, 0.15) is 11.6 Å². The molecule has 1 fully saturated rings. The molecule has 0 saturated carbocycles. The van der Waals surface area contributed by atoms with Gasteiger partial charge in [0.15, 0.2) is 0 Å². The normalized spacial score (nSPS) is 16.0. The van der Waals surface area contributed by atoms with Crippen molar-refractivity contribution in [2.45, 2.75) is 38.7 Å². The number of nitrogens with zero attached hydrogens (tertiary/aromatic N) is 3. The van der Waals surface area contributed by atoms with Crippen molar-refractivity contribution in [3.8, 4) is 16.9 Å². The van der Waals surface area contributed by atoms with Crippen LogP contribution in [0.3, 0.4) is 0 Å². The summed E-state index contributed by atoms with van der Waals surface area (Å²) in [5.41, 5.74) is 2.90. The van der Waals surface area contributed by atoms with Crippen LogP contribution in [-0.4, -0.2) is 53.8 Å². The topological polar surface area (TPSA) is 96.0 Å². The number of benzene rings is 1. The Kier molecular flexibility index (Phi) is 9.05. The van der Waals surface area contributed by atoms with Crippen molar-refractivity contribution in [2.24, 2.45) is 0 Å². The maximum atomic E-state index is 6.24. The Bertz CT molecular complexity index is 1000. The molecule has 1 aliphatic heterocycles. The first-order valence-electron chi connectivity index (χ1n) is 12.3. The van der Waals surface area contributed by atoms with Gasteiger partial charge in [-0.3, -0.25) is 0 Å². The van der Waals surface area contributed by atoms with Crippen molar-refractivity contribution in [3.63, 3.8) is 0 Å². The lowest BCUT2D eigenvalue weighted by Crippen LogP contribution is -2.19. The lowest BCUT2D eigenvalue weighted by atomic mass is 10.1. The van der Waals surface area contributed by atoms with Crippen LogP contribution < -0.4 is 26.0 Å². The monoisotopic (exact) mass is 461 g/mol. The van der Waals surface area contributed by atoms with Crippen LogP contribution in [0.25, 0.3) is 11.1 Å². The van der Waals surface area contributed by atoms with E-state index in [1.165, 1.54) is 0 Å². The molecule has 3 aromatic rings. The molecule has 1 aliphatic rings. The number of anilines is 3. The first-order chi connectivity index (χ1) is 16.8. The maximum Gasteiger partial charge on any atom is 0.222 e. The summed E-state index contributed by atoms with van der Waals surface area (Å²) in [6.07, 6.45) is 10.0. The molecule has 0 aliphatic carbocycles. The molecule has 8 heteroatoms. The minimum atomic E-state index is 0.261. The van der Waals surface area contributed by atoms with Crippen LogP contribution in [0, 0.1) is 0 Å². The number of hydrogen-bond donors (Lipinski definition) is 4. The molecule has 8 nitrogen and oxygen atoms in total. The number of nitrogens with one attached hydrogen (secondary N) is 4. The zero-order valence-electron chi connectivity index (χ0n) is 19.9. The molecule has 1 saturated heterocycles. The fourth-order valence-corrected chi connectivity index (χ4v) is 3.93. The van der Waals surface area contributed by atoms with Crippen molar-refractivity contribution in [1.29, 1.82) is 0 Å². The predicted octanol–water partition coefficient (Wildman–Crippen LogP) is 4.21. The van der Waals surface area contributed by atoms with Gasteiger partial charge < -0.3 is 26.0 Å². The third-order valence-electron chi connectivity index (χ3n) is 5.74. The minimum Gasteiger partial charge on any atom is -0.490 e. The highest BCUT2D eigenvalue weighted by Crippen LogP contribution is 2.25. The molecule has 3 heterocycles. The van der Waals surface area contributed by atoms with E-state index in [1.807, 2.05) is 48.8 Å². The van der Waals surface area contributed by atoms with E-state index in [0.29, 0.717) is 5.95 Å². The smallest absolute Gasteiger partial charge is 0.222 e. The Morgan fingerprint density at radius 1 is 1.00 bits per heavy atom. The van der Waals surface area contributed by atoms with E-state index >= 15 is 0 Å². The molecule has 1 aromatic carbocycles. The van der Waals surface area contributed by atoms with Gasteiger partial charge in [-0.25, -0.2) is 15.0 Å². The number of ether oxygens (including phenoxy) is 1. The predicted molar refractivity (Wildman–Crippen MR) is 138 cm³/mol. The van der Waals surface area contributed by atoms with Crippen LogP contribution in [-0.2, 0) is 0 Å². The van der Waals surface area contributed by atoms with Gasteiger partial charge in [-0.2, -0.15) is 0 Å². The Morgan fingerprint density at radius 2 is 1.91 bits per heavy atom. The van der Waals surface area contributed by atoms with Crippen LogP contribution in [0.4, 0.5) is 17.5 Å². The van der Waals surface area contributed by atoms with Crippen LogP contribution in [0.5, 0.6) is 5.75 Å². The zero-order valence-corrected chi connectivity index (χ0v) is 19.9. The van der Waals surface area contributed by atoms with Crippen molar-refractivity contribution >= 4 is 17.5 Å². The molecule has 2 aromatic heterocycles. The maximum absolute atomic E-state index is 6.24. The van der Waals surface area contributed by atoms with Gasteiger partial charge in [0.2, 0.25) is 5.95 Å². The summed E-state index contributed by atoms with van der Waals surface area (Å²) < 4.78 is 6.24. The zero-order chi connectivity index (χ0) is 23.4. The molecule has 0 amide bonds.